The highest BCUT2D eigenvalue weighted by molar-refractivity contribution is 5.94. The molecule has 1 aromatic heterocycles. The Hall–Kier alpha value is -2.96. The molecule has 0 spiro atoms. The largest absolute Gasteiger partial charge is 0.350 e. The fraction of sp³-hybridized carbons (Fsp3) is 0.333. The second kappa shape index (κ2) is 7.29. The van der Waals surface area contributed by atoms with E-state index in [-0.39, 0.29) is 29.2 Å². The van der Waals surface area contributed by atoms with Gasteiger partial charge in [0.05, 0.1) is 12.2 Å². The molecule has 0 saturated heterocycles. The van der Waals surface area contributed by atoms with Crippen molar-refractivity contribution >= 4 is 11.8 Å². The summed E-state index contributed by atoms with van der Waals surface area (Å²) in [4.78, 5) is 37.8. The minimum absolute atomic E-state index is 0.0921. The zero-order valence-corrected chi connectivity index (χ0v) is 14.8. The average molecular weight is 342 g/mol. The molecule has 132 valence electrons. The van der Waals surface area contributed by atoms with Gasteiger partial charge in [-0.15, -0.1) is 0 Å². The van der Waals surface area contributed by atoms with Crippen molar-refractivity contribution in [2.45, 2.75) is 26.3 Å². The predicted octanol–water partition coefficient (Wildman–Crippen LogP) is 1.22. The van der Waals surface area contributed by atoms with E-state index in [1.54, 1.807) is 24.3 Å². The fourth-order valence-corrected chi connectivity index (χ4v) is 2.22. The van der Waals surface area contributed by atoms with Crippen molar-refractivity contribution in [3.05, 3.63) is 58.5 Å². The number of benzene rings is 1. The number of likely N-dealkylation sites (N-methyl/N-ethyl adjacent to an activating group) is 1. The van der Waals surface area contributed by atoms with E-state index in [2.05, 4.69) is 10.4 Å². The van der Waals surface area contributed by atoms with E-state index >= 15 is 0 Å². The summed E-state index contributed by atoms with van der Waals surface area (Å²) < 4.78 is 1.16. The summed E-state index contributed by atoms with van der Waals surface area (Å²) >= 11 is 0. The number of nitrogens with one attached hydrogen (secondary N) is 1. The number of rotatable bonds is 4. The molecule has 0 fully saturated rings. The average Bonchev–Trinajstić information content (AvgIpc) is 2.53. The zero-order chi connectivity index (χ0) is 18.6. The standard InChI is InChI=1S/C18H22N4O3/c1-18(2,3)19-15(23)12-21(4)17(25)14-10-11-16(24)22(20-14)13-8-6-5-7-9-13/h5-11H,12H2,1-4H3,(H,19,23). The number of hydrogen-bond acceptors (Lipinski definition) is 4. The molecule has 0 aliphatic carbocycles. The van der Waals surface area contributed by atoms with Crippen molar-refractivity contribution in [2.24, 2.45) is 0 Å². The molecule has 2 amide bonds. The first-order valence-corrected chi connectivity index (χ1v) is 7.90. The van der Waals surface area contributed by atoms with Crippen LogP contribution in [0.4, 0.5) is 0 Å². The molecular formula is C18H22N4O3. The monoisotopic (exact) mass is 342 g/mol. The number of aromatic nitrogens is 2. The molecule has 0 saturated carbocycles. The molecule has 2 aromatic rings. The molecule has 2 rings (SSSR count). The number of carbonyl (C=O) groups excluding carboxylic acids is 2. The lowest BCUT2D eigenvalue weighted by molar-refractivity contribution is -0.122. The van der Waals surface area contributed by atoms with Crippen LogP contribution in [0.3, 0.4) is 0 Å². The van der Waals surface area contributed by atoms with Crippen LogP contribution in [-0.4, -0.2) is 45.6 Å². The number of amides is 2. The molecule has 0 aliphatic rings. The van der Waals surface area contributed by atoms with Crippen molar-refractivity contribution in [3.8, 4) is 5.69 Å². The zero-order valence-electron chi connectivity index (χ0n) is 14.8. The van der Waals surface area contributed by atoms with Gasteiger partial charge in [0.1, 0.15) is 5.69 Å². The van der Waals surface area contributed by atoms with E-state index in [9.17, 15) is 14.4 Å². The van der Waals surface area contributed by atoms with Gasteiger partial charge in [-0.2, -0.15) is 9.78 Å². The van der Waals surface area contributed by atoms with Crippen molar-refractivity contribution in [1.29, 1.82) is 0 Å². The second-order valence-corrected chi connectivity index (χ2v) is 6.76. The first-order chi connectivity index (χ1) is 11.7. The molecule has 7 heteroatoms. The lowest BCUT2D eigenvalue weighted by Gasteiger charge is -2.23. The quantitative estimate of drug-likeness (QED) is 0.905. The van der Waals surface area contributed by atoms with E-state index in [0.29, 0.717) is 5.69 Å². The molecule has 0 bridgehead atoms. The maximum absolute atomic E-state index is 12.5. The Morgan fingerprint density at radius 1 is 1.12 bits per heavy atom. The number of carbonyl (C=O) groups is 2. The van der Waals surface area contributed by atoms with Gasteiger partial charge >= 0.3 is 0 Å². The molecule has 0 unspecified atom stereocenters. The van der Waals surface area contributed by atoms with Gasteiger partial charge in [-0.25, -0.2) is 0 Å². The van der Waals surface area contributed by atoms with Crippen LogP contribution >= 0.6 is 0 Å². The van der Waals surface area contributed by atoms with Crippen LogP contribution in [0.2, 0.25) is 0 Å². The summed E-state index contributed by atoms with van der Waals surface area (Å²) in [6, 6.07) is 11.5. The third-order valence-corrected chi connectivity index (χ3v) is 3.26. The van der Waals surface area contributed by atoms with Crippen LogP contribution in [0, 0.1) is 0 Å². The molecule has 0 atom stereocenters. The summed E-state index contributed by atoms with van der Waals surface area (Å²) in [5, 5.41) is 6.92. The minimum atomic E-state index is -0.436. The van der Waals surface area contributed by atoms with E-state index in [0.717, 1.165) is 4.68 Å². The van der Waals surface area contributed by atoms with E-state index in [1.165, 1.54) is 24.1 Å². The second-order valence-electron chi connectivity index (χ2n) is 6.76. The smallest absolute Gasteiger partial charge is 0.274 e. The van der Waals surface area contributed by atoms with Gasteiger partial charge in [-0.05, 0) is 39.0 Å². The lowest BCUT2D eigenvalue weighted by Crippen LogP contribution is -2.46. The Bertz CT molecular complexity index is 822. The van der Waals surface area contributed by atoms with Gasteiger partial charge in [-0.1, -0.05) is 18.2 Å². The molecule has 7 nitrogen and oxygen atoms in total. The lowest BCUT2D eigenvalue weighted by atomic mass is 10.1. The van der Waals surface area contributed by atoms with Crippen molar-refractivity contribution in [2.75, 3.05) is 13.6 Å². The first-order valence-electron chi connectivity index (χ1n) is 7.90. The first kappa shape index (κ1) is 18.4. The molecule has 0 radical (unpaired) electrons. The summed E-state index contributed by atoms with van der Waals surface area (Å²) in [7, 11) is 1.52. The van der Waals surface area contributed by atoms with Crippen LogP contribution < -0.4 is 10.9 Å². The van der Waals surface area contributed by atoms with Crippen LogP contribution in [0.1, 0.15) is 31.3 Å². The Morgan fingerprint density at radius 2 is 1.76 bits per heavy atom. The Balaban J connectivity index is 2.20. The summed E-state index contributed by atoms with van der Waals surface area (Å²) in [6.07, 6.45) is 0. The Morgan fingerprint density at radius 3 is 2.36 bits per heavy atom. The number of hydrogen-bond donors (Lipinski definition) is 1. The molecule has 0 aliphatic heterocycles. The predicted molar refractivity (Wildman–Crippen MR) is 94.7 cm³/mol. The van der Waals surface area contributed by atoms with E-state index in [1.807, 2.05) is 26.8 Å². The van der Waals surface area contributed by atoms with Crippen molar-refractivity contribution < 1.29 is 9.59 Å². The number of para-hydroxylation sites is 1. The maximum Gasteiger partial charge on any atom is 0.274 e. The summed E-state index contributed by atoms with van der Waals surface area (Å²) in [6.45, 7) is 5.50. The van der Waals surface area contributed by atoms with Gasteiger partial charge < -0.3 is 10.2 Å². The van der Waals surface area contributed by atoms with Gasteiger partial charge in [-0.3, -0.25) is 14.4 Å². The van der Waals surface area contributed by atoms with Gasteiger partial charge in [0.25, 0.3) is 11.5 Å². The summed E-state index contributed by atoms with van der Waals surface area (Å²) in [5.74, 6) is -0.700. The van der Waals surface area contributed by atoms with Crippen LogP contribution in [0.25, 0.3) is 5.69 Å². The maximum atomic E-state index is 12.5. The molecular weight excluding hydrogens is 320 g/mol. The topological polar surface area (TPSA) is 84.3 Å². The summed E-state index contributed by atoms with van der Waals surface area (Å²) in [5.41, 5.74) is -0.0552. The van der Waals surface area contributed by atoms with Crippen LogP contribution in [0.15, 0.2) is 47.3 Å². The third kappa shape index (κ3) is 5.00. The highest BCUT2D eigenvalue weighted by atomic mass is 16.2. The minimum Gasteiger partial charge on any atom is -0.350 e. The highest BCUT2D eigenvalue weighted by Gasteiger charge is 2.20. The normalized spacial score (nSPS) is 11.0. The van der Waals surface area contributed by atoms with Crippen molar-refractivity contribution in [1.82, 2.24) is 20.0 Å². The molecule has 1 aromatic carbocycles. The van der Waals surface area contributed by atoms with Gasteiger partial charge in [0.2, 0.25) is 5.91 Å². The van der Waals surface area contributed by atoms with E-state index in [4.69, 9.17) is 0 Å². The molecule has 1 heterocycles. The van der Waals surface area contributed by atoms with Crippen molar-refractivity contribution in [3.63, 3.8) is 0 Å². The van der Waals surface area contributed by atoms with E-state index < -0.39 is 5.91 Å². The van der Waals surface area contributed by atoms with Crippen LogP contribution in [0.5, 0.6) is 0 Å². The Kier molecular flexibility index (Phi) is 5.36. The fourth-order valence-electron chi connectivity index (χ4n) is 2.22. The molecule has 1 N–H and O–H groups in total. The highest BCUT2D eigenvalue weighted by Crippen LogP contribution is 2.05. The molecule has 25 heavy (non-hydrogen) atoms. The Labute approximate surface area is 146 Å². The van der Waals surface area contributed by atoms with Gasteiger partial charge in [0.15, 0.2) is 0 Å². The van der Waals surface area contributed by atoms with Gasteiger partial charge in [0, 0.05) is 18.7 Å². The van der Waals surface area contributed by atoms with Crippen LogP contribution in [-0.2, 0) is 4.79 Å². The SMILES string of the molecule is CN(CC(=O)NC(C)(C)C)C(=O)c1ccc(=O)n(-c2ccccc2)n1. The third-order valence-electron chi connectivity index (χ3n) is 3.26. The number of nitrogens with zero attached hydrogens (tertiary/aromatic N) is 3.